The first-order valence-electron chi connectivity index (χ1n) is 9.49. The van der Waals surface area contributed by atoms with Crippen LogP contribution in [0.4, 0.5) is 0 Å². The lowest BCUT2D eigenvalue weighted by Crippen LogP contribution is -2.45. The lowest BCUT2D eigenvalue weighted by molar-refractivity contribution is -0.119. The number of allylic oxidation sites excluding steroid dienone is 1. The molecule has 146 valence electrons. The highest BCUT2D eigenvalue weighted by atomic mass is 32.2. The molecule has 0 amide bonds. The summed E-state index contributed by atoms with van der Waals surface area (Å²) in [5.74, 6) is 0.120. The number of hydrogen-bond acceptors (Lipinski definition) is 4. The topological polar surface area (TPSA) is 67.0 Å². The number of benzene rings is 1. The summed E-state index contributed by atoms with van der Waals surface area (Å²) < 4.78 is 34.1. The molecule has 0 aromatic heterocycles. The SMILES string of the molecule is CC(C)=C1C(=O)C[C@@H]2CN(S(=O)(=O)c3ccc(C)cc3)C[C@@H]2[C@@]12OC2(C)C. The van der Waals surface area contributed by atoms with Gasteiger partial charge in [0.05, 0.1) is 10.5 Å². The summed E-state index contributed by atoms with van der Waals surface area (Å²) in [6.45, 7) is 10.6. The monoisotopic (exact) mass is 389 g/mol. The highest BCUT2D eigenvalue weighted by molar-refractivity contribution is 7.89. The first-order valence-corrected chi connectivity index (χ1v) is 10.9. The van der Waals surface area contributed by atoms with E-state index in [0.717, 1.165) is 16.7 Å². The van der Waals surface area contributed by atoms with Gasteiger partial charge in [0.1, 0.15) is 5.60 Å². The molecule has 0 unspecified atom stereocenters. The van der Waals surface area contributed by atoms with Gasteiger partial charge in [0.15, 0.2) is 5.78 Å². The maximum absolute atomic E-state index is 13.2. The molecule has 0 bridgehead atoms. The zero-order valence-corrected chi connectivity index (χ0v) is 17.4. The average Bonchev–Trinajstić information content (AvgIpc) is 2.91. The third-order valence-corrected chi connectivity index (χ3v) is 8.30. The van der Waals surface area contributed by atoms with Gasteiger partial charge < -0.3 is 4.74 Å². The van der Waals surface area contributed by atoms with E-state index in [2.05, 4.69) is 0 Å². The molecule has 2 saturated heterocycles. The van der Waals surface area contributed by atoms with Crippen molar-refractivity contribution in [3.63, 3.8) is 0 Å². The number of fused-ring (bicyclic) bond motifs is 2. The van der Waals surface area contributed by atoms with Crippen LogP contribution in [-0.2, 0) is 19.6 Å². The first kappa shape index (κ1) is 18.8. The normalized spacial score (nSPS) is 32.6. The molecule has 2 heterocycles. The highest BCUT2D eigenvalue weighted by Crippen LogP contribution is 2.64. The molecule has 27 heavy (non-hydrogen) atoms. The summed E-state index contributed by atoms with van der Waals surface area (Å²) in [5.41, 5.74) is 1.67. The molecule has 0 N–H and O–H groups in total. The molecule has 3 fully saturated rings. The Balaban J connectivity index is 1.72. The minimum Gasteiger partial charge on any atom is -0.358 e. The van der Waals surface area contributed by atoms with E-state index in [1.807, 2.05) is 46.8 Å². The van der Waals surface area contributed by atoms with Crippen molar-refractivity contribution in [2.45, 2.75) is 57.1 Å². The Morgan fingerprint density at radius 3 is 2.26 bits per heavy atom. The fraction of sp³-hybridized carbons (Fsp3) is 0.571. The molecule has 3 aliphatic rings. The zero-order chi connectivity index (χ0) is 19.8. The standard InChI is InChI=1S/C21H27NO4S/c1-13(2)19-18(23)10-15-11-22(12-17(15)21(19)20(4,5)26-21)27(24,25)16-8-6-14(3)7-9-16/h6-9,15,17H,10-12H2,1-5H3/t15-,17+,21-/m1/s1. The molecule has 1 aliphatic carbocycles. The van der Waals surface area contributed by atoms with Gasteiger partial charge in [-0.15, -0.1) is 0 Å². The number of Topliss-reactive ketones (excluding diaryl/α,β-unsaturated/α-hetero) is 1. The Morgan fingerprint density at radius 1 is 1.15 bits per heavy atom. The van der Waals surface area contributed by atoms with Crippen molar-refractivity contribution in [2.75, 3.05) is 13.1 Å². The summed E-state index contributed by atoms with van der Waals surface area (Å²) in [7, 11) is -3.58. The van der Waals surface area contributed by atoms with Crippen LogP contribution in [0.25, 0.3) is 0 Å². The van der Waals surface area contributed by atoms with Crippen molar-refractivity contribution < 1.29 is 17.9 Å². The summed E-state index contributed by atoms with van der Waals surface area (Å²) in [6.07, 6.45) is 0.395. The van der Waals surface area contributed by atoms with Crippen LogP contribution in [0.3, 0.4) is 0 Å². The molecule has 1 spiro atoms. The Hall–Kier alpha value is -1.50. The fourth-order valence-electron chi connectivity index (χ4n) is 5.19. The fourth-order valence-corrected chi connectivity index (χ4v) is 6.71. The second kappa shape index (κ2) is 5.75. The van der Waals surface area contributed by atoms with E-state index in [9.17, 15) is 13.2 Å². The molecule has 5 nitrogen and oxygen atoms in total. The van der Waals surface area contributed by atoms with Gasteiger partial charge in [-0.3, -0.25) is 4.79 Å². The van der Waals surface area contributed by atoms with E-state index in [1.165, 1.54) is 0 Å². The highest BCUT2D eigenvalue weighted by Gasteiger charge is 2.75. The predicted octanol–water partition coefficient (Wildman–Crippen LogP) is 3.09. The number of ketones is 1. The van der Waals surface area contributed by atoms with Crippen LogP contribution in [0.1, 0.15) is 39.7 Å². The Kier molecular flexibility index (Phi) is 4.01. The molecular formula is C21H27NO4S. The summed E-state index contributed by atoms with van der Waals surface area (Å²) >= 11 is 0. The van der Waals surface area contributed by atoms with Gasteiger partial charge in [0.2, 0.25) is 10.0 Å². The van der Waals surface area contributed by atoms with Gasteiger partial charge in [-0.25, -0.2) is 8.42 Å². The van der Waals surface area contributed by atoms with Gasteiger partial charge >= 0.3 is 0 Å². The zero-order valence-electron chi connectivity index (χ0n) is 16.6. The van der Waals surface area contributed by atoms with Crippen molar-refractivity contribution >= 4 is 15.8 Å². The van der Waals surface area contributed by atoms with Crippen molar-refractivity contribution in [2.24, 2.45) is 11.8 Å². The lowest BCUT2D eigenvalue weighted by Gasteiger charge is -2.34. The van der Waals surface area contributed by atoms with E-state index in [4.69, 9.17) is 4.74 Å². The molecule has 1 saturated carbocycles. The van der Waals surface area contributed by atoms with Crippen molar-refractivity contribution in [1.82, 2.24) is 4.31 Å². The van der Waals surface area contributed by atoms with E-state index in [0.29, 0.717) is 24.4 Å². The Bertz CT molecular complexity index is 941. The van der Waals surface area contributed by atoms with Crippen LogP contribution >= 0.6 is 0 Å². The number of nitrogens with zero attached hydrogens (tertiary/aromatic N) is 1. The molecule has 3 atom stereocenters. The number of sulfonamides is 1. The van der Waals surface area contributed by atoms with Crippen LogP contribution in [0.5, 0.6) is 0 Å². The number of ether oxygens (including phenoxy) is 1. The summed E-state index contributed by atoms with van der Waals surface area (Å²) in [5, 5.41) is 0. The van der Waals surface area contributed by atoms with Gasteiger partial charge in [0.25, 0.3) is 0 Å². The van der Waals surface area contributed by atoms with E-state index in [1.54, 1.807) is 16.4 Å². The van der Waals surface area contributed by atoms with Crippen molar-refractivity contribution in [1.29, 1.82) is 0 Å². The molecule has 2 aliphatic heterocycles. The maximum Gasteiger partial charge on any atom is 0.243 e. The number of carbonyl (C=O) groups is 1. The largest absolute Gasteiger partial charge is 0.358 e. The quantitative estimate of drug-likeness (QED) is 0.576. The van der Waals surface area contributed by atoms with Crippen LogP contribution in [0.2, 0.25) is 0 Å². The number of rotatable bonds is 2. The van der Waals surface area contributed by atoms with Crippen LogP contribution in [0, 0.1) is 18.8 Å². The van der Waals surface area contributed by atoms with Crippen molar-refractivity contribution in [3.8, 4) is 0 Å². The van der Waals surface area contributed by atoms with E-state index < -0.39 is 21.2 Å². The number of aryl methyl sites for hydroxylation is 1. The smallest absolute Gasteiger partial charge is 0.243 e. The average molecular weight is 390 g/mol. The second-order valence-corrected chi connectivity index (χ2v) is 10.8. The molecule has 1 aromatic rings. The maximum atomic E-state index is 13.2. The third-order valence-electron chi connectivity index (χ3n) is 6.46. The predicted molar refractivity (Wildman–Crippen MR) is 103 cm³/mol. The van der Waals surface area contributed by atoms with Crippen LogP contribution < -0.4 is 0 Å². The summed E-state index contributed by atoms with van der Waals surface area (Å²) in [4.78, 5) is 13.2. The van der Waals surface area contributed by atoms with Gasteiger partial charge in [-0.2, -0.15) is 4.31 Å². The number of hydrogen-bond donors (Lipinski definition) is 0. The Labute approximate surface area is 161 Å². The van der Waals surface area contributed by atoms with Gasteiger partial charge in [-0.05, 0) is 52.7 Å². The second-order valence-electron chi connectivity index (χ2n) is 8.85. The molecule has 0 radical (unpaired) electrons. The molecule has 1 aromatic carbocycles. The molecule has 6 heteroatoms. The van der Waals surface area contributed by atoms with E-state index >= 15 is 0 Å². The third kappa shape index (κ3) is 2.57. The minimum atomic E-state index is -3.58. The number of carbonyl (C=O) groups excluding carboxylic acids is 1. The first-order chi connectivity index (χ1) is 12.5. The van der Waals surface area contributed by atoms with Gasteiger partial charge in [0, 0.05) is 31.0 Å². The van der Waals surface area contributed by atoms with E-state index in [-0.39, 0.29) is 17.6 Å². The minimum absolute atomic E-state index is 0.00241. The van der Waals surface area contributed by atoms with Gasteiger partial charge in [-0.1, -0.05) is 23.3 Å². The lowest BCUT2D eigenvalue weighted by atomic mass is 9.65. The number of epoxide rings is 1. The van der Waals surface area contributed by atoms with Crippen LogP contribution in [0.15, 0.2) is 40.3 Å². The Morgan fingerprint density at radius 2 is 1.74 bits per heavy atom. The molecular weight excluding hydrogens is 362 g/mol. The molecule has 4 rings (SSSR count). The van der Waals surface area contributed by atoms with Crippen LogP contribution in [-0.4, -0.2) is 42.8 Å². The summed E-state index contributed by atoms with van der Waals surface area (Å²) in [6, 6.07) is 6.95. The van der Waals surface area contributed by atoms with Crippen molar-refractivity contribution in [3.05, 3.63) is 41.0 Å².